The van der Waals surface area contributed by atoms with Crippen molar-refractivity contribution in [2.45, 2.75) is 85.7 Å². The fourth-order valence-corrected chi connectivity index (χ4v) is 6.10. The van der Waals surface area contributed by atoms with Crippen LogP contribution in [0.25, 0.3) is 22.2 Å². The molecule has 0 saturated carbocycles. The SMILES string of the molecule is CCn1c(-c2cc(N3CCNCC3)cnc2[C@H](C)OC)c(CC(C)(C)CO)c2cc(B3OC(C)(C)C(C)(C)O3)ccc21. The smallest absolute Gasteiger partial charge is 0.399 e. The number of ether oxygens (including phenoxy) is 1. The number of piperazine rings is 1. The minimum Gasteiger partial charge on any atom is -0.399 e. The summed E-state index contributed by atoms with van der Waals surface area (Å²) in [5.41, 5.74) is 6.46. The van der Waals surface area contributed by atoms with Crippen molar-refractivity contribution in [2.24, 2.45) is 5.41 Å². The summed E-state index contributed by atoms with van der Waals surface area (Å²) in [5.74, 6) is 0. The van der Waals surface area contributed by atoms with E-state index in [2.05, 4.69) is 94.4 Å². The Kier molecular flexibility index (Phi) is 8.55. The maximum Gasteiger partial charge on any atom is 0.494 e. The second kappa shape index (κ2) is 11.6. The Bertz CT molecular complexity index is 1410. The molecule has 0 spiro atoms. The van der Waals surface area contributed by atoms with Gasteiger partial charge in [0.15, 0.2) is 0 Å². The van der Waals surface area contributed by atoms with Crippen molar-refractivity contribution in [1.82, 2.24) is 14.9 Å². The lowest BCUT2D eigenvalue weighted by atomic mass is 9.77. The standard InChI is InChI=1S/C33H49BN4O4/c1-10-38-28-12-11-23(34-41-32(5,6)33(7,8)42-34)17-25(28)27(19-31(3,4)21-39)30(38)26-18-24(37-15-13-35-14-16-37)20-36-29(26)22(2)40-9/h11-12,17-18,20,22,35,39H,10,13-16,19,21H2,1-9H3/t22-/m0/s1. The fraction of sp³-hybridized carbons (Fsp3) is 0.606. The van der Waals surface area contributed by atoms with Gasteiger partial charge in [0, 0.05) is 62.9 Å². The second-order valence-electron chi connectivity index (χ2n) is 13.7. The highest BCUT2D eigenvalue weighted by Crippen LogP contribution is 2.42. The lowest BCUT2D eigenvalue weighted by Gasteiger charge is -2.32. The third kappa shape index (κ3) is 5.62. The van der Waals surface area contributed by atoms with Crippen LogP contribution in [0.4, 0.5) is 5.69 Å². The lowest BCUT2D eigenvalue weighted by Crippen LogP contribution is -2.43. The summed E-state index contributed by atoms with van der Waals surface area (Å²) in [6.07, 6.45) is 2.51. The van der Waals surface area contributed by atoms with E-state index in [1.54, 1.807) is 7.11 Å². The van der Waals surface area contributed by atoms with Crippen molar-refractivity contribution in [2.75, 3.05) is 44.8 Å². The van der Waals surface area contributed by atoms with Crippen LogP contribution in [0.15, 0.2) is 30.5 Å². The van der Waals surface area contributed by atoms with Crippen LogP contribution in [0.1, 0.15) is 72.8 Å². The molecule has 4 heterocycles. The van der Waals surface area contributed by atoms with Crippen molar-refractivity contribution in [3.05, 3.63) is 41.7 Å². The van der Waals surface area contributed by atoms with Gasteiger partial charge < -0.3 is 33.9 Å². The molecular formula is C33H49BN4O4. The van der Waals surface area contributed by atoms with E-state index in [0.29, 0.717) is 6.42 Å². The molecule has 42 heavy (non-hydrogen) atoms. The molecule has 3 aromatic rings. The number of nitrogens with zero attached hydrogens (tertiary/aromatic N) is 3. The number of aromatic nitrogens is 2. The normalized spacial score (nSPS) is 19.6. The monoisotopic (exact) mass is 576 g/mol. The van der Waals surface area contributed by atoms with Crippen LogP contribution in [-0.4, -0.2) is 72.9 Å². The van der Waals surface area contributed by atoms with Gasteiger partial charge in [0.25, 0.3) is 0 Å². The number of nitrogens with one attached hydrogen (secondary N) is 1. The summed E-state index contributed by atoms with van der Waals surface area (Å²) in [6.45, 7) is 21.5. The molecule has 5 rings (SSSR count). The van der Waals surface area contributed by atoms with Crippen LogP contribution in [0, 0.1) is 5.41 Å². The average molecular weight is 577 g/mol. The molecule has 2 fully saturated rings. The first kappa shape index (κ1) is 31.0. The van der Waals surface area contributed by atoms with Crippen LogP contribution >= 0.6 is 0 Å². The number of hydrogen-bond acceptors (Lipinski definition) is 7. The van der Waals surface area contributed by atoms with Gasteiger partial charge in [-0.25, -0.2) is 0 Å². The first-order valence-electron chi connectivity index (χ1n) is 15.4. The van der Waals surface area contributed by atoms with E-state index in [4.69, 9.17) is 19.0 Å². The predicted molar refractivity (Wildman–Crippen MR) is 172 cm³/mol. The number of aliphatic hydroxyl groups is 1. The van der Waals surface area contributed by atoms with Crippen molar-refractivity contribution in [1.29, 1.82) is 0 Å². The molecule has 228 valence electrons. The van der Waals surface area contributed by atoms with Crippen LogP contribution in [-0.2, 0) is 27.0 Å². The molecule has 0 unspecified atom stereocenters. The zero-order valence-electron chi connectivity index (χ0n) is 27.0. The van der Waals surface area contributed by atoms with Gasteiger partial charge in [0.05, 0.1) is 40.6 Å². The Labute approximate surface area is 251 Å². The minimum absolute atomic E-state index is 0.0859. The van der Waals surface area contributed by atoms with Crippen molar-refractivity contribution in [3.8, 4) is 11.3 Å². The Morgan fingerprint density at radius 3 is 2.38 bits per heavy atom. The van der Waals surface area contributed by atoms with Crippen molar-refractivity contribution < 1.29 is 19.2 Å². The van der Waals surface area contributed by atoms with E-state index in [9.17, 15) is 5.11 Å². The molecule has 2 aromatic heterocycles. The molecule has 8 nitrogen and oxygen atoms in total. The van der Waals surface area contributed by atoms with Crippen LogP contribution in [0.5, 0.6) is 0 Å². The number of hydrogen-bond donors (Lipinski definition) is 2. The van der Waals surface area contributed by atoms with Gasteiger partial charge in [-0.2, -0.15) is 0 Å². The van der Waals surface area contributed by atoms with Gasteiger partial charge in [-0.05, 0) is 76.5 Å². The van der Waals surface area contributed by atoms with E-state index >= 15 is 0 Å². The molecule has 2 aliphatic rings. The van der Waals surface area contributed by atoms with Crippen LogP contribution < -0.4 is 15.7 Å². The Morgan fingerprint density at radius 1 is 1.12 bits per heavy atom. The van der Waals surface area contributed by atoms with Crippen molar-refractivity contribution in [3.63, 3.8) is 0 Å². The maximum atomic E-state index is 10.4. The molecule has 0 amide bonds. The zero-order chi connectivity index (χ0) is 30.4. The Balaban J connectivity index is 1.75. The number of methoxy groups -OCH3 is 1. The molecule has 9 heteroatoms. The topological polar surface area (TPSA) is 81.0 Å². The summed E-state index contributed by atoms with van der Waals surface area (Å²) in [4.78, 5) is 7.43. The Hall–Kier alpha value is -2.43. The molecule has 0 aliphatic carbocycles. The highest BCUT2D eigenvalue weighted by atomic mass is 16.7. The first-order valence-corrected chi connectivity index (χ1v) is 15.4. The van der Waals surface area contributed by atoms with E-state index in [0.717, 1.165) is 71.7 Å². The zero-order valence-corrected chi connectivity index (χ0v) is 27.0. The lowest BCUT2D eigenvalue weighted by molar-refractivity contribution is 0.00578. The van der Waals surface area contributed by atoms with Crippen LogP contribution in [0.3, 0.4) is 0 Å². The molecule has 1 aromatic carbocycles. The summed E-state index contributed by atoms with van der Waals surface area (Å²) in [7, 11) is 1.29. The van der Waals surface area contributed by atoms with Crippen LogP contribution in [0.2, 0.25) is 0 Å². The Morgan fingerprint density at radius 2 is 1.79 bits per heavy atom. The van der Waals surface area contributed by atoms with E-state index in [-0.39, 0.29) is 18.1 Å². The quantitative estimate of drug-likeness (QED) is 0.358. The number of pyridine rings is 1. The highest BCUT2D eigenvalue weighted by Gasteiger charge is 2.51. The molecule has 0 radical (unpaired) electrons. The third-order valence-electron chi connectivity index (χ3n) is 9.50. The predicted octanol–water partition coefficient (Wildman–Crippen LogP) is 4.70. The molecule has 2 aliphatic heterocycles. The van der Waals surface area contributed by atoms with E-state index in [1.807, 2.05) is 6.20 Å². The number of benzene rings is 1. The van der Waals surface area contributed by atoms with E-state index in [1.165, 1.54) is 5.56 Å². The summed E-state index contributed by atoms with van der Waals surface area (Å²) < 4.78 is 21.2. The number of aliphatic hydroxyl groups excluding tert-OH is 1. The van der Waals surface area contributed by atoms with Crippen molar-refractivity contribution >= 4 is 29.2 Å². The van der Waals surface area contributed by atoms with E-state index < -0.39 is 18.3 Å². The fourth-order valence-electron chi connectivity index (χ4n) is 6.10. The second-order valence-corrected chi connectivity index (χ2v) is 13.7. The van der Waals surface area contributed by atoms with Gasteiger partial charge in [0.2, 0.25) is 0 Å². The summed E-state index contributed by atoms with van der Waals surface area (Å²) in [6, 6.07) is 8.87. The van der Waals surface area contributed by atoms with Gasteiger partial charge >= 0.3 is 7.12 Å². The van der Waals surface area contributed by atoms with Gasteiger partial charge in [-0.3, -0.25) is 4.98 Å². The summed E-state index contributed by atoms with van der Waals surface area (Å²) in [5, 5.41) is 15.0. The number of rotatable bonds is 9. The molecular weight excluding hydrogens is 527 g/mol. The van der Waals surface area contributed by atoms with Gasteiger partial charge in [-0.15, -0.1) is 0 Å². The summed E-state index contributed by atoms with van der Waals surface area (Å²) >= 11 is 0. The molecule has 2 saturated heterocycles. The number of fused-ring (bicyclic) bond motifs is 1. The molecule has 1 atom stereocenters. The molecule has 0 bridgehead atoms. The minimum atomic E-state index is -0.451. The average Bonchev–Trinajstić information content (AvgIpc) is 3.39. The number of aryl methyl sites for hydroxylation is 1. The molecule has 2 N–H and O–H groups in total. The highest BCUT2D eigenvalue weighted by molar-refractivity contribution is 6.62. The first-order chi connectivity index (χ1) is 19.8. The van der Waals surface area contributed by atoms with Gasteiger partial charge in [-0.1, -0.05) is 26.0 Å². The number of anilines is 1. The van der Waals surface area contributed by atoms with Gasteiger partial charge in [0.1, 0.15) is 0 Å². The third-order valence-corrected chi connectivity index (χ3v) is 9.50. The largest absolute Gasteiger partial charge is 0.494 e. The maximum absolute atomic E-state index is 10.4.